The van der Waals surface area contributed by atoms with Crippen LogP contribution < -0.4 is 9.62 Å². The van der Waals surface area contributed by atoms with Gasteiger partial charge in [0.1, 0.15) is 5.82 Å². The minimum absolute atomic E-state index is 0.0171. The Kier molecular flexibility index (Phi) is 7.71. The van der Waals surface area contributed by atoms with Crippen LogP contribution in [0.5, 0.6) is 0 Å². The average molecular weight is 631 g/mol. The van der Waals surface area contributed by atoms with Crippen LogP contribution in [0.15, 0.2) is 107 Å². The number of rotatable bonds is 8. The summed E-state index contributed by atoms with van der Waals surface area (Å²) in [4.78, 5) is 26.8. The van der Waals surface area contributed by atoms with Crippen molar-refractivity contribution in [1.82, 2.24) is 19.3 Å². The maximum atomic E-state index is 13.1. The van der Waals surface area contributed by atoms with E-state index in [1.54, 1.807) is 36.7 Å². The lowest BCUT2D eigenvalue weighted by atomic mass is 10.1. The third-order valence-electron chi connectivity index (χ3n) is 7.21. The van der Waals surface area contributed by atoms with Crippen molar-refractivity contribution in [1.29, 1.82) is 0 Å². The van der Waals surface area contributed by atoms with Gasteiger partial charge < -0.3 is 10.0 Å². The van der Waals surface area contributed by atoms with E-state index in [-0.39, 0.29) is 28.4 Å². The molecule has 0 amide bonds. The van der Waals surface area contributed by atoms with Crippen LogP contribution in [0.1, 0.15) is 10.4 Å². The summed E-state index contributed by atoms with van der Waals surface area (Å²) < 4.78 is 55.7. The van der Waals surface area contributed by atoms with E-state index in [4.69, 9.17) is 10.1 Å². The number of sulfonamides is 2. The molecular formula is C30H26N6O6S2. The zero-order valence-corrected chi connectivity index (χ0v) is 24.7. The molecule has 0 radical (unpaired) electrons. The number of aromatic carboxylic acids is 1. The summed E-state index contributed by atoms with van der Waals surface area (Å²) in [6, 6.07) is 20.5. The highest BCUT2D eigenvalue weighted by molar-refractivity contribution is 7.92. The first-order chi connectivity index (χ1) is 21.1. The number of hydrogen-bond donors (Lipinski definition) is 2. The fraction of sp³-hybridized carbons (Fsp3) is 0.133. The molecule has 0 unspecified atom stereocenters. The van der Waals surface area contributed by atoms with Crippen LogP contribution in [0.25, 0.3) is 22.2 Å². The van der Waals surface area contributed by atoms with Crippen molar-refractivity contribution in [3.05, 3.63) is 103 Å². The largest absolute Gasteiger partial charge is 0.478 e. The zero-order valence-electron chi connectivity index (χ0n) is 23.1. The summed E-state index contributed by atoms with van der Waals surface area (Å²) in [6.45, 7) is 1.22. The predicted octanol–water partition coefficient (Wildman–Crippen LogP) is 3.70. The van der Waals surface area contributed by atoms with E-state index in [1.165, 1.54) is 46.9 Å². The first-order valence-electron chi connectivity index (χ1n) is 13.5. The summed E-state index contributed by atoms with van der Waals surface area (Å²) in [6.07, 6.45) is 4.72. The van der Waals surface area contributed by atoms with E-state index >= 15 is 0 Å². The van der Waals surface area contributed by atoms with E-state index < -0.39 is 26.0 Å². The fourth-order valence-corrected chi connectivity index (χ4v) is 7.35. The van der Waals surface area contributed by atoms with Crippen LogP contribution in [0.4, 0.5) is 11.5 Å². The molecule has 2 N–H and O–H groups in total. The number of hydrogen-bond acceptors (Lipinski definition) is 9. The Bertz CT molecular complexity index is 2070. The Labute approximate surface area is 253 Å². The zero-order chi connectivity index (χ0) is 30.9. The van der Waals surface area contributed by atoms with Crippen LogP contribution in [-0.4, -0.2) is 73.3 Å². The SMILES string of the molecule is O=C(O)c1ccc(S(=O)(=O)N2CCN(c3cnc4ccc(-c5cncc(NS(=O)(=O)c6ccccc6)c5)cc4n3)CC2)cc1. The number of pyridine rings is 1. The molecule has 3 aromatic carbocycles. The van der Waals surface area contributed by atoms with Crippen LogP contribution in [0, 0.1) is 0 Å². The van der Waals surface area contributed by atoms with E-state index in [0.29, 0.717) is 41.2 Å². The third-order valence-corrected chi connectivity index (χ3v) is 10.5. The van der Waals surface area contributed by atoms with Crippen LogP contribution in [0.2, 0.25) is 0 Å². The van der Waals surface area contributed by atoms with Gasteiger partial charge in [-0.3, -0.25) is 14.7 Å². The number of benzene rings is 3. The molecule has 0 bridgehead atoms. The number of carbonyl (C=O) groups is 1. The van der Waals surface area contributed by atoms with Gasteiger partial charge in [-0.15, -0.1) is 0 Å². The molecular weight excluding hydrogens is 605 g/mol. The minimum Gasteiger partial charge on any atom is -0.478 e. The Balaban J connectivity index is 1.18. The molecule has 3 heterocycles. The van der Waals surface area contributed by atoms with E-state index in [0.717, 1.165) is 5.56 Å². The first kappa shape index (κ1) is 29.2. The van der Waals surface area contributed by atoms with Gasteiger partial charge in [-0.25, -0.2) is 26.6 Å². The van der Waals surface area contributed by atoms with Crippen molar-refractivity contribution in [2.24, 2.45) is 0 Å². The molecule has 1 fully saturated rings. The standard InChI is InChI=1S/C30H26N6O6S2/c37-30(38)21-6-9-26(10-7-21)44(41,42)36-14-12-35(13-15-36)29-20-32-27-11-8-22(17-28(27)33-29)23-16-24(19-31-18-23)34-43(39,40)25-4-2-1-3-5-25/h1-11,16-20,34H,12-15H2,(H,37,38). The molecule has 224 valence electrons. The van der Waals surface area contributed by atoms with Crippen molar-refractivity contribution >= 4 is 48.6 Å². The second kappa shape index (κ2) is 11.6. The molecule has 14 heteroatoms. The quantitative estimate of drug-likeness (QED) is 0.258. The Morgan fingerprint density at radius 2 is 1.48 bits per heavy atom. The van der Waals surface area contributed by atoms with E-state index in [2.05, 4.69) is 14.7 Å². The Hall–Kier alpha value is -4.92. The van der Waals surface area contributed by atoms with Crippen molar-refractivity contribution < 1.29 is 26.7 Å². The fourth-order valence-electron chi connectivity index (χ4n) is 4.88. The summed E-state index contributed by atoms with van der Waals surface area (Å²) in [5.74, 6) is -0.525. The maximum absolute atomic E-state index is 13.1. The molecule has 2 aromatic heterocycles. The van der Waals surface area contributed by atoms with E-state index in [9.17, 15) is 21.6 Å². The summed E-state index contributed by atoms with van der Waals surface area (Å²) in [7, 11) is -7.56. The molecule has 1 aliphatic heterocycles. The van der Waals surface area contributed by atoms with Crippen molar-refractivity contribution in [2.75, 3.05) is 35.8 Å². The first-order valence-corrected chi connectivity index (χ1v) is 16.4. The monoisotopic (exact) mass is 630 g/mol. The number of piperazine rings is 1. The Morgan fingerprint density at radius 3 is 2.18 bits per heavy atom. The molecule has 44 heavy (non-hydrogen) atoms. The van der Waals surface area contributed by atoms with Crippen molar-refractivity contribution in [3.63, 3.8) is 0 Å². The predicted molar refractivity (Wildman–Crippen MR) is 164 cm³/mol. The highest BCUT2D eigenvalue weighted by atomic mass is 32.2. The molecule has 0 atom stereocenters. The lowest BCUT2D eigenvalue weighted by molar-refractivity contribution is 0.0696. The van der Waals surface area contributed by atoms with Crippen LogP contribution >= 0.6 is 0 Å². The smallest absolute Gasteiger partial charge is 0.335 e. The lowest BCUT2D eigenvalue weighted by Gasteiger charge is -2.34. The number of nitrogens with one attached hydrogen (secondary N) is 1. The van der Waals surface area contributed by atoms with E-state index in [1.807, 2.05) is 23.1 Å². The molecule has 0 spiro atoms. The molecule has 0 saturated carbocycles. The number of carboxylic acids is 1. The lowest BCUT2D eigenvalue weighted by Crippen LogP contribution is -2.48. The van der Waals surface area contributed by atoms with Crippen molar-refractivity contribution in [3.8, 4) is 11.1 Å². The second-order valence-electron chi connectivity index (χ2n) is 10.0. The molecule has 1 saturated heterocycles. The summed E-state index contributed by atoms with van der Waals surface area (Å²) >= 11 is 0. The highest BCUT2D eigenvalue weighted by Crippen LogP contribution is 2.27. The molecule has 6 rings (SSSR count). The molecule has 12 nitrogen and oxygen atoms in total. The van der Waals surface area contributed by atoms with Gasteiger partial charge in [0.05, 0.1) is 44.5 Å². The van der Waals surface area contributed by atoms with Gasteiger partial charge in [0.25, 0.3) is 10.0 Å². The third kappa shape index (κ3) is 5.95. The van der Waals surface area contributed by atoms with Crippen LogP contribution in [-0.2, 0) is 20.0 Å². The van der Waals surface area contributed by atoms with Crippen molar-refractivity contribution in [2.45, 2.75) is 9.79 Å². The van der Waals surface area contributed by atoms with Gasteiger partial charge in [0.15, 0.2) is 0 Å². The number of nitrogens with zero attached hydrogens (tertiary/aromatic N) is 5. The summed E-state index contributed by atoms with van der Waals surface area (Å²) in [5.41, 5.74) is 3.06. The molecule has 1 aliphatic rings. The van der Waals surface area contributed by atoms with Gasteiger partial charge in [-0.2, -0.15) is 4.31 Å². The minimum atomic E-state index is -3.78. The number of aromatic nitrogens is 3. The number of fused-ring (bicyclic) bond motifs is 1. The van der Waals surface area contributed by atoms with Gasteiger partial charge in [0.2, 0.25) is 10.0 Å². The van der Waals surface area contributed by atoms with Gasteiger partial charge in [-0.1, -0.05) is 24.3 Å². The van der Waals surface area contributed by atoms with Gasteiger partial charge in [0, 0.05) is 37.9 Å². The second-order valence-corrected chi connectivity index (χ2v) is 13.7. The number of anilines is 2. The molecule has 5 aromatic rings. The average Bonchev–Trinajstić information content (AvgIpc) is 3.04. The molecule has 0 aliphatic carbocycles. The number of carboxylic acid groups (broad SMARTS) is 1. The van der Waals surface area contributed by atoms with Gasteiger partial charge in [-0.05, 0) is 60.2 Å². The summed E-state index contributed by atoms with van der Waals surface area (Å²) in [5, 5.41) is 9.09. The normalized spacial score (nSPS) is 14.4. The Morgan fingerprint density at radius 1 is 0.750 bits per heavy atom. The topological polar surface area (TPSA) is 163 Å². The highest BCUT2D eigenvalue weighted by Gasteiger charge is 2.29. The maximum Gasteiger partial charge on any atom is 0.335 e. The van der Waals surface area contributed by atoms with Crippen LogP contribution in [0.3, 0.4) is 0 Å². The van der Waals surface area contributed by atoms with Gasteiger partial charge >= 0.3 is 5.97 Å².